The van der Waals surface area contributed by atoms with Gasteiger partial charge in [-0.1, -0.05) is 55.8 Å². The molecule has 0 fully saturated rings. The Labute approximate surface area is 102 Å². The fourth-order valence-electron chi connectivity index (χ4n) is 1.61. The maximum absolute atomic E-state index is 3.84. The minimum Gasteiger partial charge on any atom is -0.102 e. The molecule has 0 nitrogen and oxygen atoms in total. The molecule has 0 aromatic heterocycles. The first-order valence-electron chi connectivity index (χ1n) is 5.12. The Hall–Kier alpha value is -0.560. The lowest BCUT2D eigenvalue weighted by Crippen LogP contribution is -2.15. The van der Waals surface area contributed by atoms with Crippen molar-refractivity contribution in [2.24, 2.45) is 0 Å². The second-order valence-electron chi connectivity index (χ2n) is 4.83. The molecular formula is C14H18Br. The normalized spacial score (nSPS) is 11.9. The average Bonchev–Trinajstić information content (AvgIpc) is 2.14. The molecule has 1 rings (SSSR count). The first kappa shape index (κ1) is 12.5. The smallest absolute Gasteiger partial charge is 0.0233 e. The monoisotopic (exact) mass is 265 g/mol. The van der Waals surface area contributed by atoms with Gasteiger partial charge in [0.25, 0.3) is 0 Å². The molecule has 0 N–H and O–H groups in total. The number of rotatable bonds is 2. The lowest BCUT2D eigenvalue weighted by Gasteiger charge is -2.24. The van der Waals surface area contributed by atoms with Crippen LogP contribution in [0.5, 0.6) is 0 Å². The molecular weight excluding hydrogens is 248 g/mol. The minimum absolute atomic E-state index is 0.167. The van der Waals surface area contributed by atoms with Gasteiger partial charge in [-0.3, -0.25) is 0 Å². The highest BCUT2D eigenvalue weighted by atomic mass is 79.9. The molecule has 0 heterocycles. The van der Waals surface area contributed by atoms with E-state index >= 15 is 0 Å². The molecule has 0 spiro atoms. The second kappa shape index (κ2) is 4.52. The highest BCUT2D eigenvalue weighted by Gasteiger charge is 2.19. The van der Waals surface area contributed by atoms with E-state index in [0.29, 0.717) is 0 Å². The summed E-state index contributed by atoms with van der Waals surface area (Å²) in [6.07, 6.45) is 1.91. The van der Waals surface area contributed by atoms with Crippen LogP contribution in [0.15, 0.2) is 35.3 Å². The van der Waals surface area contributed by atoms with Crippen LogP contribution in [0.25, 0.3) is 0 Å². The Balaban J connectivity index is 3.33. The zero-order valence-electron chi connectivity index (χ0n) is 9.89. The van der Waals surface area contributed by atoms with Crippen LogP contribution in [0.2, 0.25) is 0 Å². The largest absolute Gasteiger partial charge is 0.102 e. The predicted molar refractivity (Wildman–Crippen MR) is 71.1 cm³/mol. The van der Waals surface area contributed by atoms with Crippen molar-refractivity contribution in [3.8, 4) is 0 Å². The predicted octanol–water partition coefficient (Wildman–Crippen LogP) is 4.88. The summed E-state index contributed by atoms with van der Waals surface area (Å²) >= 11 is 3.51. The molecule has 0 atom stereocenters. The average molecular weight is 266 g/mol. The highest BCUT2D eigenvalue weighted by molar-refractivity contribution is 9.10. The standard InChI is InChI=1S/C14H18Br/c1-6-10(2)12-9-11(15)7-8-13(12)14(3,4)5/h6-9H,1H2,2-5H3. The van der Waals surface area contributed by atoms with Gasteiger partial charge in [-0.15, -0.1) is 6.58 Å². The third kappa shape index (κ3) is 2.94. The van der Waals surface area contributed by atoms with Crippen molar-refractivity contribution >= 4 is 15.9 Å². The van der Waals surface area contributed by atoms with Gasteiger partial charge in [-0.05, 0) is 28.7 Å². The van der Waals surface area contributed by atoms with Crippen LogP contribution in [-0.2, 0) is 5.41 Å². The summed E-state index contributed by atoms with van der Waals surface area (Å²) < 4.78 is 1.12. The van der Waals surface area contributed by atoms with E-state index in [0.717, 1.165) is 4.47 Å². The van der Waals surface area contributed by atoms with Crippen LogP contribution in [0, 0.1) is 5.92 Å². The maximum Gasteiger partial charge on any atom is 0.0233 e. The number of allylic oxidation sites excluding steroid dienone is 1. The van der Waals surface area contributed by atoms with Gasteiger partial charge in [0.1, 0.15) is 0 Å². The molecule has 15 heavy (non-hydrogen) atoms. The van der Waals surface area contributed by atoms with E-state index in [9.17, 15) is 0 Å². The Morgan fingerprint density at radius 2 is 1.93 bits per heavy atom. The summed E-state index contributed by atoms with van der Waals surface area (Å²) in [5.41, 5.74) is 2.82. The van der Waals surface area contributed by atoms with E-state index in [2.05, 4.69) is 68.4 Å². The highest BCUT2D eigenvalue weighted by Crippen LogP contribution is 2.32. The third-order valence-electron chi connectivity index (χ3n) is 2.52. The Kier molecular flexibility index (Phi) is 3.77. The summed E-state index contributed by atoms with van der Waals surface area (Å²) in [4.78, 5) is 0. The van der Waals surface area contributed by atoms with E-state index in [1.165, 1.54) is 17.0 Å². The quantitative estimate of drug-likeness (QED) is 0.716. The molecule has 0 saturated heterocycles. The Morgan fingerprint density at radius 3 is 2.40 bits per heavy atom. The van der Waals surface area contributed by atoms with E-state index in [-0.39, 0.29) is 5.41 Å². The minimum atomic E-state index is 0.167. The molecule has 0 aliphatic rings. The molecule has 0 amide bonds. The van der Waals surface area contributed by atoms with Crippen molar-refractivity contribution in [2.45, 2.75) is 33.1 Å². The fraction of sp³-hybridized carbons (Fsp3) is 0.357. The van der Waals surface area contributed by atoms with Crippen LogP contribution >= 0.6 is 15.9 Å². The number of hydrogen-bond acceptors (Lipinski definition) is 0. The first-order valence-corrected chi connectivity index (χ1v) is 5.92. The van der Waals surface area contributed by atoms with Crippen molar-refractivity contribution in [1.29, 1.82) is 0 Å². The first-order chi connectivity index (χ1) is 6.86. The molecule has 1 radical (unpaired) electrons. The SMILES string of the molecule is C=C[C](C)c1cc(Br)ccc1C(C)(C)C. The Morgan fingerprint density at radius 1 is 1.33 bits per heavy atom. The van der Waals surface area contributed by atoms with Gasteiger partial charge in [-0.25, -0.2) is 0 Å². The summed E-state index contributed by atoms with van der Waals surface area (Å²) in [6, 6.07) is 6.45. The summed E-state index contributed by atoms with van der Waals surface area (Å²) in [5.74, 6) is 1.22. The molecule has 1 aromatic rings. The van der Waals surface area contributed by atoms with Gasteiger partial charge in [0.2, 0.25) is 0 Å². The molecule has 0 saturated carbocycles. The molecule has 81 valence electrons. The van der Waals surface area contributed by atoms with Crippen LogP contribution in [0.1, 0.15) is 38.8 Å². The molecule has 0 bridgehead atoms. The number of benzene rings is 1. The van der Waals surface area contributed by atoms with Crippen molar-refractivity contribution < 1.29 is 0 Å². The van der Waals surface area contributed by atoms with E-state index in [1.807, 2.05) is 6.08 Å². The molecule has 0 aliphatic heterocycles. The van der Waals surface area contributed by atoms with Gasteiger partial charge >= 0.3 is 0 Å². The summed E-state index contributed by atoms with van der Waals surface area (Å²) in [5, 5.41) is 0. The summed E-state index contributed by atoms with van der Waals surface area (Å²) in [6.45, 7) is 12.6. The van der Waals surface area contributed by atoms with Crippen LogP contribution in [-0.4, -0.2) is 0 Å². The second-order valence-corrected chi connectivity index (χ2v) is 5.74. The molecule has 0 unspecified atom stereocenters. The van der Waals surface area contributed by atoms with Gasteiger partial charge in [0.05, 0.1) is 0 Å². The topological polar surface area (TPSA) is 0 Å². The van der Waals surface area contributed by atoms with E-state index in [4.69, 9.17) is 0 Å². The van der Waals surface area contributed by atoms with Crippen molar-refractivity contribution in [1.82, 2.24) is 0 Å². The van der Waals surface area contributed by atoms with Gasteiger partial charge in [-0.2, -0.15) is 0 Å². The van der Waals surface area contributed by atoms with Crippen LogP contribution in [0.4, 0.5) is 0 Å². The van der Waals surface area contributed by atoms with Crippen molar-refractivity contribution in [3.63, 3.8) is 0 Å². The van der Waals surface area contributed by atoms with E-state index in [1.54, 1.807) is 0 Å². The van der Waals surface area contributed by atoms with Gasteiger partial charge in [0, 0.05) is 10.4 Å². The summed E-state index contributed by atoms with van der Waals surface area (Å²) in [7, 11) is 0. The van der Waals surface area contributed by atoms with Crippen LogP contribution in [0.3, 0.4) is 0 Å². The maximum atomic E-state index is 3.84. The lowest BCUT2D eigenvalue weighted by atomic mass is 9.80. The van der Waals surface area contributed by atoms with Crippen molar-refractivity contribution in [2.75, 3.05) is 0 Å². The zero-order valence-corrected chi connectivity index (χ0v) is 11.5. The van der Waals surface area contributed by atoms with Crippen LogP contribution < -0.4 is 0 Å². The van der Waals surface area contributed by atoms with E-state index < -0.39 is 0 Å². The molecule has 1 heteroatoms. The fourth-order valence-corrected chi connectivity index (χ4v) is 1.97. The van der Waals surface area contributed by atoms with Crippen molar-refractivity contribution in [3.05, 3.63) is 52.4 Å². The molecule has 1 aromatic carbocycles. The number of halogens is 1. The zero-order chi connectivity index (χ0) is 11.6. The molecule has 0 aliphatic carbocycles. The number of hydrogen-bond donors (Lipinski definition) is 0. The Bertz CT molecular complexity index is 358. The third-order valence-corrected chi connectivity index (χ3v) is 3.01. The van der Waals surface area contributed by atoms with Gasteiger partial charge < -0.3 is 0 Å². The lowest BCUT2D eigenvalue weighted by molar-refractivity contribution is 0.585. The van der Waals surface area contributed by atoms with Gasteiger partial charge in [0.15, 0.2) is 0 Å².